The molecule has 0 spiro atoms. The Morgan fingerprint density at radius 1 is 0.455 bits per heavy atom. The topological polar surface area (TPSA) is 325 Å². The van der Waals surface area contributed by atoms with Crippen LogP contribution < -0.4 is 42.5 Å². The molecule has 0 aliphatic rings. The first-order valence-electron chi connectivity index (χ1n) is 20.5. The van der Waals surface area contributed by atoms with Gasteiger partial charge in [0, 0.05) is 118 Å². The Hall–Kier alpha value is -8.23. The summed E-state index contributed by atoms with van der Waals surface area (Å²) >= 11 is 0. The van der Waals surface area contributed by atoms with Crippen LogP contribution in [0.5, 0.6) is 0 Å². The summed E-state index contributed by atoms with van der Waals surface area (Å²) in [6.45, 7) is 1.34. The molecule has 0 aliphatic carbocycles. The highest BCUT2D eigenvalue weighted by atomic mass is 16.2. The summed E-state index contributed by atoms with van der Waals surface area (Å²) in [4.78, 5) is 124. The van der Waals surface area contributed by atoms with Gasteiger partial charge in [0.1, 0.15) is 0 Å². The maximum absolute atomic E-state index is 13.1. The molecule has 0 bridgehead atoms. The molecule has 0 radical (unpaired) electrons. The van der Waals surface area contributed by atoms with Crippen molar-refractivity contribution in [3.8, 4) is 0 Å². The lowest BCUT2D eigenvalue weighted by molar-refractivity contribution is -0.121. The molecule has 0 aliphatic heterocycles. The van der Waals surface area contributed by atoms with Crippen LogP contribution in [0.15, 0.2) is 37.2 Å². The molecule has 0 saturated carbocycles. The molecule has 0 unspecified atom stereocenters. The van der Waals surface area contributed by atoms with E-state index in [4.69, 9.17) is 0 Å². The van der Waals surface area contributed by atoms with Crippen molar-refractivity contribution >= 4 is 70.5 Å². The number of amides is 8. The molecule has 0 aromatic carbocycles. The van der Waals surface area contributed by atoms with Crippen molar-refractivity contribution in [2.45, 2.75) is 25.7 Å². The molecule has 352 valence electrons. The zero-order valence-electron chi connectivity index (χ0n) is 37.5. The van der Waals surface area contributed by atoms with Gasteiger partial charge < -0.3 is 70.3 Å². The van der Waals surface area contributed by atoms with E-state index in [0.717, 1.165) is 13.0 Å². The molecule has 27 nitrogen and oxygen atoms in total. The molecule has 0 saturated heterocycles. The highest BCUT2D eigenvalue weighted by Crippen LogP contribution is 2.14. The molecular formula is C39H53N19O8. The van der Waals surface area contributed by atoms with Crippen LogP contribution in [0.1, 0.15) is 78.8 Å². The van der Waals surface area contributed by atoms with Crippen LogP contribution in [-0.4, -0.2) is 147 Å². The van der Waals surface area contributed by atoms with Gasteiger partial charge in [-0.2, -0.15) is 0 Å². The minimum absolute atomic E-state index is 0.00316. The zero-order chi connectivity index (χ0) is 48.1. The van der Waals surface area contributed by atoms with Gasteiger partial charge in [-0.05, 0) is 27.1 Å². The molecule has 27 heteroatoms. The molecule has 8 N–H and O–H groups in total. The smallest absolute Gasteiger partial charge is 0.292 e. The molecule has 0 atom stereocenters. The van der Waals surface area contributed by atoms with Crippen molar-refractivity contribution in [3.05, 3.63) is 66.3 Å². The number of hydrogen-bond donors (Lipinski definition) is 8. The number of nitrogens with one attached hydrogen (secondary N) is 8. The third-order valence-electron chi connectivity index (χ3n) is 9.38. The van der Waals surface area contributed by atoms with E-state index in [1.54, 1.807) is 27.3 Å². The zero-order valence-corrected chi connectivity index (χ0v) is 37.5. The second kappa shape index (κ2) is 22.4. The Balaban J connectivity index is 1.01. The summed E-state index contributed by atoms with van der Waals surface area (Å²) in [6.07, 6.45) is 9.44. The highest BCUT2D eigenvalue weighted by Gasteiger charge is 2.22. The lowest BCUT2D eigenvalue weighted by Gasteiger charge is -2.10. The highest BCUT2D eigenvalue weighted by molar-refractivity contribution is 6.03. The predicted molar refractivity (Wildman–Crippen MR) is 236 cm³/mol. The lowest BCUT2D eigenvalue weighted by Crippen LogP contribution is -2.32. The molecule has 0 fully saturated rings. The minimum atomic E-state index is -0.693. The monoisotopic (exact) mass is 915 g/mol. The van der Waals surface area contributed by atoms with Gasteiger partial charge in [0.05, 0.1) is 0 Å². The van der Waals surface area contributed by atoms with Crippen molar-refractivity contribution in [1.29, 1.82) is 0 Å². The molecule has 5 rings (SSSR count). The van der Waals surface area contributed by atoms with Crippen LogP contribution in [-0.2, 0) is 49.6 Å². The summed E-state index contributed by atoms with van der Waals surface area (Å²) in [5, 5.41) is 20.9. The quantitative estimate of drug-likeness (QED) is 0.0369. The molecule has 5 heterocycles. The number of carbonyl (C=O) groups is 8. The van der Waals surface area contributed by atoms with Crippen molar-refractivity contribution in [2.24, 2.45) is 35.2 Å². The van der Waals surface area contributed by atoms with Crippen molar-refractivity contribution in [2.75, 3.05) is 68.1 Å². The van der Waals surface area contributed by atoms with E-state index in [1.807, 2.05) is 19.0 Å². The summed E-state index contributed by atoms with van der Waals surface area (Å²) in [5.41, 5.74) is 0. The average Bonchev–Trinajstić information content (AvgIpc) is 4.08. The molecular weight excluding hydrogens is 863 g/mol. The van der Waals surface area contributed by atoms with E-state index in [-0.39, 0.29) is 97.2 Å². The second-order valence-electron chi connectivity index (χ2n) is 15.1. The number of aromatic nitrogens is 10. The minimum Gasteiger partial charge on any atom is -0.356 e. The first kappa shape index (κ1) is 48.8. The van der Waals surface area contributed by atoms with Gasteiger partial charge in [-0.3, -0.25) is 38.4 Å². The standard InChI is InChI=1S/C39H53N19O8/c1-53(2)17-8-12-40-27(59)9-13-42-35(62)31-47-23(19-55(31)4)45-28(60)10-14-44-37(64)33-50-26(22-57(33)6)52-39(66)34-48-24(20-58(34)7)46-29(61)11-15-43-36(63)32-49-25(21-56(32)5)51-38(65)30-41-16-18-54(30)3/h16,18-22H,8-15,17H2,1-7H3,(H,40,59)(H,42,62)(H,43,63)(H,44,64)(H,45,60)(H,46,61)(H,51,65)(H,52,66). The lowest BCUT2D eigenvalue weighted by atomic mass is 10.3. The maximum Gasteiger partial charge on any atom is 0.292 e. The number of anilines is 4. The number of carbonyl (C=O) groups excluding carboxylic acids is 8. The number of imidazole rings is 5. The van der Waals surface area contributed by atoms with E-state index in [0.29, 0.717) is 6.54 Å². The van der Waals surface area contributed by atoms with Gasteiger partial charge in [-0.25, -0.2) is 24.9 Å². The summed E-state index contributed by atoms with van der Waals surface area (Å²) in [6, 6.07) is 0. The number of hydrogen-bond acceptors (Lipinski definition) is 14. The molecule has 66 heavy (non-hydrogen) atoms. The fourth-order valence-electron chi connectivity index (χ4n) is 6.11. The van der Waals surface area contributed by atoms with E-state index in [9.17, 15) is 38.4 Å². The average molecular weight is 916 g/mol. The maximum atomic E-state index is 13.1. The number of rotatable bonds is 22. The summed E-state index contributed by atoms with van der Waals surface area (Å²) in [7, 11) is 11.8. The Kier molecular flexibility index (Phi) is 16.6. The molecule has 8 amide bonds. The van der Waals surface area contributed by atoms with Crippen LogP contribution in [0, 0.1) is 0 Å². The van der Waals surface area contributed by atoms with E-state index in [2.05, 4.69) is 67.5 Å². The van der Waals surface area contributed by atoms with E-state index < -0.39 is 41.4 Å². The Morgan fingerprint density at radius 3 is 1.20 bits per heavy atom. The fraction of sp³-hybridized carbons (Fsp3) is 0.410. The number of aryl methyl sites for hydroxylation is 5. The molecule has 5 aromatic rings. The van der Waals surface area contributed by atoms with Crippen LogP contribution in [0.4, 0.5) is 23.3 Å². The Bertz CT molecular complexity index is 2600. The first-order chi connectivity index (χ1) is 31.4. The van der Waals surface area contributed by atoms with Gasteiger partial charge in [-0.1, -0.05) is 0 Å². The van der Waals surface area contributed by atoms with Gasteiger partial charge in [0.2, 0.25) is 41.0 Å². The van der Waals surface area contributed by atoms with Crippen LogP contribution in [0.2, 0.25) is 0 Å². The fourth-order valence-corrected chi connectivity index (χ4v) is 6.11. The SMILES string of the molecule is CN(C)CCCNC(=O)CCNC(=O)c1nc(NC(=O)CCNC(=O)c2nc(NC(=O)c3nc(NC(=O)CCNC(=O)c4nc(NC(=O)c5nccn5C)cn4C)cn3C)cn2C)cn1C. The van der Waals surface area contributed by atoms with E-state index >= 15 is 0 Å². The summed E-state index contributed by atoms with van der Waals surface area (Å²) in [5.74, 6) is -3.73. The normalized spacial score (nSPS) is 10.9. The molecule has 5 aromatic heterocycles. The van der Waals surface area contributed by atoms with Gasteiger partial charge >= 0.3 is 0 Å². The predicted octanol–water partition coefficient (Wildman–Crippen LogP) is -1.44. The van der Waals surface area contributed by atoms with Gasteiger partial charge in [0.25, 0.3) is 29.5 Å². The van der Waals surface area contributed by atoms with Crippen molar-refractivity contribution in [3.63, 3.8) is 0 Å². The Morgan fingerprint density at radius 2 is 0.818 bits per heavy atom. The van der Waals surface area contributed by atoms with Gasteiger partial charge in [-0.15, -0.1) is 0 Å². The van der Waals surface area contributed by atoms with Crippen LogP contribution in [0.25, 0.3) is 0 Å². The van der Waals surface area contributed by atoms with Crippen molar-refractivity contribution < 1.29 is 38.4 Å². The summed E-state index contributed by atoms with van der Waals surface area (Å²) < 4.78 is 7.14. The van der Waals surface area contributed by atoms with Crippen LogP contribution >= 0.6 is 0 Å². The van der Waals surface area contributed by atoms with Crippen molar-refractivity contribution in [1.82, 2.24) is 73.9 Å². The largest absolute Gasteiger partial charge is 0.356 e. The first-order valence-corrected chi connectivity index (χ1v) is 20.5. The third-order valence-corrected chi connectivity index (χ3v) is 9.38. The second-order valence-corrected chi connectivity index (χ2v) is 15.1. The third kappa shape index (κ3) is 13.6. The number of nitrogens with zero attached hydrogens (tertiary/aromatic N) is 11. The van der Waals surface area contributed by atoms with E-state index in [1.165, 1.54) is 67.9 Å². The van der Waals surface area contributed by atoms with Gasteiger partial charge in [0.15, 0.2) is 29.1 Å². The Labute approximate surface area is 377 Å². The van der Waals surface area contributed by atoms with Crippen LogP contribution in [0.3, 0.4) is 0 Å².